The molecule has 1 aromatic carbocycles. The highest BCUT2D eigenvalue weighted by Crippen LogP contribution is 2.27. The van der Waals surface area contributed by atoms with Crippen LogP contribution in [0.5, 0.6) is 5.75 Å². The van der Waals surface area contributed by atoms with Gasteiger partial charge in [0.2, 0.25) is 5.95 Å². The molecule has 0 amide bonds. The number of hydrogen-bond donors (Lipinski definition) is 2. The topological polar surface area (TPSA) is 95.2 Å². The molecule has 0 atom stereocenters. The van der Waals surface area contributed by atoms with Crippen molar-refractivity contribution in [1.82, 2.24) is 24.5 Å². The highest BCUT2D eigenvalue weighted by molar-refractivity contribution is 5.85. The first kappa shape index (κ1) is 21.9. The van der Waals surface area contributed by atoms with Crippen LogP contribution in [0.25, 0.3) is 16.9 Å². The summed E-state index contributed by atoms with van der Waals surface area (Å²) in [6.07, 6.45) is 7.38. The van der Waals surface area contributed by atoms with Crippen LogP contribution in [-0.2, 0) is 0 Å². The van der Waals surface area contributed by atoms with E-state index in [4.69, 9.17) is 9.97 Å². The molecule has 4 heterocycles. The van der Waals surface area contributed by atoms with Crippen LogP contribution >= 0.6 is 0 Å². The van der Waals surface area contributed by atoms with Crippen molar-refractivity contribution in [3.05, 3.63) is 55.1 Å². The molecule has 34 heavy (non-hydrogen) atoms. The van der Waals surface area contributed by atoms with Gasteiger partial charge in [-0.2, -0.15) is 9.97 Å². The monoisotopic (exact) mass is 458 g/mol. The first-order valence-corrected chi connectivity index (χ1v) is 11.9. The van der Waals surface area contributed by atoms with Crippen molar-refractivity contribution < 1.29 is 5.11 Å². The molecule has 176 valence electrons. The fourth-order valence-corrected chi connectivity index (χ4v) is 4.33. The number of nitrogens with one attached hydrogen (secondary N) is 1. The first-order valence-electron chi connectivity index (χ1n) is 11.9. The van der Waals surface area contributed by atoms with Crippen LogP contribution in [0.3, 0.4) is 0 Å². The van der Waals surface area contributed by atoms with Gasteiger partial charge in [-0.05, 0) is 49.2 Å². The zero-order valence-electron chi connectivity index (χ0n) is 19.6. The van der Waals surface area contributed by atoms with Gasteiger partial charge in [0.05, 0.1) is 11.9 Å². The van der Waals surface area contributed by atoms with Gasteiger partial charge in [-0.3, -0.25) is 9.55 Å². The maximum Gasteiger partial charge on any atom is 0.229 e. The normalized spacial score (nSPS) is 14.2. The fourth-order valence-electron chi connectivity index (χ4n) is 4.33. The van der Waals surface area contributed by atoms with Crippen molar-refractivity contribution in [1.29, 1.82) is 0 Å². The van der Waals surface area contributed by atoms with Gasteiger partial charge in [0, 0.05) is 44.1 Å². The molecule has 0 unspecified atom stereocenters. The molecule has 5 rings (SSSR count). The summed E-state index contributed by atoms with van der Waals surface area (Å²) >= 11 is 0. The van der Waals surface area contributed by atoms with E-state index in [1.807, 2.05) is 35.0 Å². The molecule has 1 saturated heterocycles. The first-order chi connectivity index (χ1) is 16.7. The van der Waals surface area contributed by atoms with Crippen LogP contribution in [0.2, 0.25) is 0 Å². The molecule has 0 radical (unpaired) electrons. The molecule has 1 aliphatic heterocycles. The summed E-state index contributed by atoms with van der Waals surface area (Å²) in [6.45, 7) is 7.66. The quantitative estimate of drug-likeness (QED) is 0.431. The summed E-state index contributed by atoms with van der Waals surface area (Å²) in [5.74, 6) is 1.76. The number of imidazole rings is 1. The maximum atomic E-state index is 9.58. The Hall–Kier alpha value is -3.88. The molecular weight excluding hydrogens is 428 g/mol. The number of pyridine rings is 1. The SMILES string of the molecule is CCC(CC)Nc1nc(N2CCN(c3ccc(O)cc3)CC2)nc2c1ncn2-c1cccnc1. The number of benzene rings is 1. The number of anilines is 3. The lowest BCUT2D eigenvalue weighted by atomic mass is 10.2. The minimum Gasteiger partial charge on any atom is -0.508 e. The third-order valence-corrected chi connectivity index (χ3v) is 6.41. The smallest absolute Gasteiger partial charge is 0.229 e. The zero-order valence-corrected chi connectivity index (χ0v) is 19.6. The van der Waals surface area contributed by atoms with Crippen molar-refractivity contribution >= 4 is 28.6 Å². The number of nitrogens with zero attached hydrogens (tertiary/aromatic N) is 7. The molecule has 0 bridgehead atoms. The fraction of sp³-hybridized carbons (Fsp3) is 0.360. The van der Waals surface area contributed by atoms with Gasteiger partial charge in [0.1, 0.15) is 12.1 Å². The van der Waals surface area contributed by atoms with E-state index in [1.54, 1.807) is 24.7 Å². The second-order valence-electron chi connectivity index (χ2n) is 8.52. The van der Waals surface area contributed by atoms with E-state index in [1.165, 1.54) is 0 Å². The van der Waals surface area contributed by atoms with E-state index in [2.05, 4.69) is 38.9 Å². The number of aromatic nitrogens is 5. The lowest BCUT2D eigenvalue weighted by molar-refractivity contribution is 0.475. The van der Waals surface area contributed by atoms with E-state index < -0.39 is 0 Å². The number of aromatic hydroxyl groups is 1. The van der Waals surface area contributed by atoms with Gasteiger partial charge in [-0.1, -0.05) is 13.8 Å². The van der Waals surface area contributed by atoms with Crippen LogP contribution in [0, 0.1) is 0 Å². The van der Waals surface area contributed by atoms with E-state index >= 15 is 0 Å². The largest absolute Gasteiger partial charge is 0.508 e. The van der Waals surface area contributed by atoms with Gasteiger partial charge in [-0.15, -0.1) is 0 Å². The van der Waals surface area contributed by atoms with Crippen molar-refractivity contribution in [2.24, 2.45) is 0 Å². The van der Waals surface area contributed by atoms with Crippen molar-refractivity contribution in [3.63, 3.8) is 0 Å². The summed E-state index contributed by atoms with van der Waals surface area (Å²) in [5, 5.41) is 13.2. The number of phenolic OH excluding ortho intramolecular Hbond substituents is 1. The predicted octanol–water partition coefficient (Wildman–Crippen LogP) is 3.84. The Morgan fingerprint density at radius 1 is 0.941 bits per heavy atom. The van der Waals surface area contributed by atoms with Gasteiger partial charge < -0.3 is 20.2 Å². The summed E-state index contributed by atoms with van der Waals surface area (Å²) in [4.78, 5) is 23.4. The van der Waals surface area contributed by atoms with Crippen LogP contribution < -0.4 is 15.1 Å². The molecule has 1 fully saturated rings. The number of fused-ring (bicyclic) bond motifs is 1. The van der Waals surface area contributed by atoms with Crippen molar-refractivity contribution in [3.8, 4) is 11.4 Å². The summed E-state index contributed by atoms with van der Waals surface area (Å²) in [5.41, 5.74) is 3.56. The predicted molar refractivity (Wildman–Crippen MR) is 135 cm³/mol. The molecule has 4 aromatic rings. The minimum absolute atomic E-state index is 0.284. The Labute approximate surface area is 199 Å². The van der Waals surface area contributed by atoms with E-state index in [0.29, 0.717) is 12.0 Å². The molecule has 0 aliphatic carbocycles. The number of rotatable bonds is 7. The Bertz CT molecular complexity index is 1230. The average molecular weight is 459 g/mol. The third-order valence-electron chi connectivity index (χ3n) is 6.41. The minimum atomic E-state index is 0.284. The molecule has 2 N–H and O–H groups in total. The van der Waals surface area contributed by atoms with E-state index in [9.17, 15) is 5.11 Å². The Kier molecular flexibility index (Phi) is 6.16. The molecule has 0 spiro atoms. The van der Waals surface area contributed by atoms with Gasteiger partial charge >= 0.3 is 0 Å². The van der Waals surface area contributed by atoms with Crippen LogP contribution in [-0.4, -0.2) is 61.8 Å². The number of phenols is 1. The summed E-state index contributed by atoms with van der Waals surface area (Å²) in [7, 11) is 0. The lowest BCUT2D eigenvalue weighted by Gasteiger charge is -2.36. The Morgan fingerprint density at radius 3 is 2.35 bits per heavy atom. The molecule has 0 saturated carbocycles. The zero-order chi connectivity index (χ0) is 23.5. The molecule has 3 aromatic heterocycles. The van der Waals surface area contributed by atoms with Gasteiger partial charge in [0.25, 0.3) is 0 Å². The van der Waals surface area contributed by atoms with Crippen molar-refractivity contribution in [2.45, 2.75) is 32.7 Å². The second-order valence-corrected chi connectivity index (χ2v) is 8.52. The molecule has 9 nitrogen and oxygen atoms in total. The highest BCUT2D eigenvalue weighted by Gasteiger charge is 2.23. The van der Waals surface area contributed by atoms with Gasteiger partial charge in [0.15, 0.2) is 17.0 Å². The Morgan fingerprint density at radius 2 is 1.68 bits per heavy atom. The second kappa shape index (κ2) is 9.54. The molecule has 1 aliphatic rings. The maximum absolute atomic E-state index is 9.58. The standard InChI is InChI=1S/C25H30N8O/c1-3-18(4-2)28-23-22-24(33(17-27-22)20-6-5-11-26-16-20)30-25(29-23)32-14-12-31(13-15-32)19-7-9-21(34)10-8-19/h5-11,16-18,34H,3-4,12-15H2,1-2H3,(H,28,29,30). The summed E-state index contributed by atoms with van der Waals surface area (Å²) < 4.78 is 1.97. The third kappa shape index (κ3) is 4.33. The van der Waals surface area contributed by atoms with Crippen LogP contribution in [0.4, 0.5) is 17.5 Å². The molecule has 9 heteroatoms. The van der Waals surface area contributed by atoms with Crippen LogP contribution in [0.15, 0.2) is 55.1 Å². The van der Waals surface area contributed by atoms with E-state index in [-0.39, 0.29) is 5.75 Å². The highest BCUT2D eigenvalue weighted by atomic mass is 16.3. The number of piperazine rings is 1. The average Bonchev–Trinajstić information content (AvgIpc) is 3.32. The van der Waals surface area contributed by atoms with Gasteiger partial charge in [-0.25, -0.2) is 4.98 Å². The molecular formula is C25H30N8O. The van der Waals surface area contributed by atoms with Crippen molar-refractivity contribution in [2.75, 3.05) is 41.3 Å². The van der Waals surface area contributed by atoms with E-state index in [0.717, 1.165) is 67.4 Å². The summed E-state index contributed by atoms with van der Waals surface area (Å²) in [6, 6.07) is 11.6. The lowest BCUT2D eigenvalue weighted by Crippen LogP contribution is -2.47. The number of hydrogen-bond acceptors (Lipinski definition) is 8. The Balaban J connectivity index is 1.47. The van der Waals surface area contributed by atoms with Crippen LogP contribution in [0.1, 0.15) is 26.7 Å².